The minimum atomic E-state index is 0.184. The van der Waals surface area contributed by atoms with Crippen LogP contribution >= 0.6 is 11.3 Å². The molecule has 0 aliphatic rings. The van der Waals surface area contributed by atoms with Gasteiger partial charge in [0.05, 0.1) is 0 Å². The Morgan fingerprint density at radius 1 is 1.14 bits per heavy atom. The van der Waals surface area contributed by atoms with E-state index >= 15 is 0 Å². The van der Waals surface area contributed by atoms with Crippen LogP contribution in [0.15, 0.2) is 41.8 Å². The third-order valence-electron chi connectivity index (χ3n) is 1.82. The fraction of sp³-hybridized carbons (Fsp3) is 0.0909. The van der Waals surface area contributed by atoms with Crippen molar-refractivity contribution < 1.29 is 9.84 Å². The van der Waals surface area contributed by atoms with Crippen LogP contribution < -0.4 is 4.74 Å². The molecule has 0 aliphatic carbocycles. The Morgan fingerprint density at radius 3 is 2.71 bits per heavy atom. The highest BCUT2D eigenvalue weighted by atomic mass is 32.1. The van der Waals surface area contributed by atoms with Crippen LogP contribution in [-0.4, -0.2) is 5.11 Å². The first kappa shape index (κ1) is 9.09. The van der Waals surface area contributed by atoms with Gasteiger partial charge in [0.15, 0.2) is 11.5 Å². The molecule has 0 radical (unpaired) electrons. The molecule has 0 atom stereocenters. The number of phenols is 1. The molecule has 14 heavy (non-hydrogen) atoms. The minimum Gasteiger partial charge on any atom is -0.504 e. The molecule has 0 unspecified atom stereocenters. The molecule has 1 aromatic heterocycles. The maximum atomic E-state index is 9.42. The molecule has 1 heterocycles. The molecule has 3 heteroatoms. The molecule has 0 amide bonds. The number of benzene rings is 1. The standard InChI is InChI=1S/C11H10O2S/c12-10-5-1-2-6-11(10)13-8-9-4-3-7-14-9/h1-7,12H,8H2. The van der Waals surface area contributed by atoms with E-state index in [1.54, 1.807) is 29.5 Å². The fourth-order valence-corrected chi connectivity index (χ4v) is 1.74. The lowest BCUT2D eigenvalue weighted by Crippen LogP contribution is -1.92. The first-order chi connectivity index (χ1) is 6.86. The van der Waals surface area contributed by atoms with Crippen LogP contribution in [0, 0.1) is 0 Å². The molecule has 2 nitrogen and oxygen atoms in total. The zero-order chi connectivity index (χ0) is 9.80. The van der Waals surface area contributed by atoms with Gasteiger partial charge in [-0.3, -0.25) is 0 Å². The van der Waals surface area contributed by atoms with E-state index in [0.717, 1.165) is 4.88 Å². The lowest BCUT2D eigenvalue weighted by molar-refractivity contribution is 0.292. The van der Waals surface area contributed by atoms with Gasteiger partial charge in [0.25, 0.3) is 0 Å². The lowest BCUT2D eigenvalue weighted by atomic mass is 10.3. The number of aromatic hydroxyl groups is 1. The van der Waals surface area contributed by atoms with Crippen LogP contribution in [0.25, 0.3) is 0 Å². The molecule has 1 N–H and O–H groups in total. The SMILES string of the molecule is Oc1ccccc1OCc1cccs1. The van der Waals surface area contributed by atoms with Crippen molar-refractivity contribution >= 4 is 11.3 Å². The monoisotopic (exact) mass is 206 g/mol. The maximum absolute atomic E-state index is 9.42. The van der Waals surface area contributed by atoms with Crippen molar-refractivity contribution in [1.29, 1.82) is 0 Å². The molecular formula is C11H10O2S. The van der Waals surface area contributed by atoms with E-state index in [9.17, 15) is 5.11 Å². The Balaban J connectivity index is 2.02. The van der Waals surface area contributed by atoms with Crippen molar-refractivity contribution in [2.45, 2.75) is 6.61 Å². The van der Waals surface area contributed by atoms with Crippen LogP contribution in [0.5, 0.6) is 11.5 Å². The van der Waals surface area contributed by atoms with Gasteiger partial charge in [0, 0.05) is 4.88 Å². The van der Waals surface area contributed by atoms with Gasteiger partial charge in [-0.25, -0.2) is 0 Å². The Kier molecular flexibility index (Phi) is 2.70. The summed E-state index contributed by atoms with van der Waals surface area (Å²) in [4.78, 5) is 1.15. The van der Waals surface area contributed by atoms with E-state index in [4.69, 9.17) is 4.74 Å². The summed E-state index contributed by atoms with van der Waals surface area (Å²) in [5.74, 6) is 0.713. The molecule has 0 saturated carbocycles. The lowest BCUT2D eigenvalue weighted by Gasteiger charge is -2.05. The highest BCUT2D eigenvalue weighted by Crippen LogP contribution is 2.25. The van der Waals surface area contributed by atoms with E-state index in [-0.39, 0.29) is 5.75 Å². The quantitative estimate of drug-likeness (QED) is 0.836. The first-order valence-electron chi connectivity index (χ1n) is 4.29. The molecule has 2 rings (SSSR count). The number of thiophene rings is 1. The van der Waals surface area contributed by atoms with E-state index < -0.39 is 0 Å². The maximum Gasteiger partial charge on any atom is 0.161 e. The Bertz CT molecular complexity index is 395. The van der Waals surface area contributed by atoms with Gasteiger partial charge in [0.2, 0.25) is 0 Å². The number of hydrogen-bond donors (Lipinski definition) is 1. The summed E-state index contributed by atoms with van der Waals surface area (Å²) < 4.78 is 5.44. The number of rotatable bonds is 3. The van der Waals surface area contributed by atoms with Gasteiger partial charge in [-0.15, -0.1) is 11.3 Å². The molecule has 0 saturated heterocycles. The van der Waals surface area contributed by atoms with E-state index in [2.05, 4.69) is 0 Å². The third kappa shape index (κ3) is 2.06. The Morgan fingerprint density at radius 2 is 2.00 bits per heavy atom. The highest BCUT2D eigenvalue weighted by Gasteiger charge is 2.00. The summed E-state index contributed by atoms with van der Waals surface area (Å²) in [6, 6.07) is 11.0. The molecule has 72 valence electrons. The van der Waals surface area contributed by atoms with E-state index in [1.807, 2.05) is 23.6 Å². The average molecular weight is 206 g/mol. The van der Waals surface area contributed by atoms with Crippen LogP contribution in [0.3, 0.4) is 0 Å². The summed E-state index contributed by atoms with van der Waals surface area (Å²) in [6.07, 6.45) is 0. The second-order valence-electron chi connectivity index (χ2n) is 2.84. The number of hydrogen-bond acceptors (Lipinski definition) is 3. The van der Waals surface area contributed by atoms with Gasteiger partial charge in [-0.05, 0) is 23.6 Å². The smallest absolute Gasteiger partial charge is 0.161 e. The highest BCUT2D eigenvalue weighted by molar-refractivity contribution is 7.09. The third-order valence-corrected chi connectivity index (χ3v) is 2.67. The van der Waals surface area contributed by atoms with Gasteiger partial charge < -0.3 is 9.84 Å². The van der Waals surface area contributed by atoms with Crippen molar-refractivity contribution in [1.82, 2.24) is 0 Å². The molecular weight excluding hydrogens is 196 g/mol. The fourth-order valence-electron chi connectivity index (χ4n) is 1.12. The molecule has 2 aromatic rings. The van der Waals surface area contributed by atoms with E-state index in [1.165, 1.54) is 0 Å². The Labute approximate surface area is 86.4 Å². The second kappa shape index (κ2) is 4.15. The predicted molar refractivity (Wildman–Crippen MR) is 56.8 cm³/mol. The summed E-state index contributed by atoms with van der Waals surface area (Å²) >= 11 is 1.64. The van der Waals surface area contributed by atoms with Crippen LogP contribution in [0.2, 0.25) is 0 Å². The molecule has 0 aliphatic heterocycles. The zero-order valence-corrected chi connectivity index (χ0v) is 8.33. The van der Waals surface area contributed by atoms with Crippen molar-refractivity contribution in [3.8, 4) is 11.5 Å². The number of phenolic OH excluding ortho intramolecular Hbond substituents is 1. The minimum absolute atomic E-state index is 0.184. The second-order valence-corrected chi connectivity index (χ2v) is 3.87. The summed E-state index contributed by atoms with van der Waals surface area (Å²) in [6.45, 7) is 0.509. The molecule has 0 spiro atoms. The van der Waals surface area contributed by atoms with Crippen LogP contribution in [0.1, 0.15) is 4.88 Å². The summed E-state index contributed by atoms with van der Waals surface area (Å²) in [5.41, 5.74) is 0. The van der Waals surface area contributed by atoms with Crippen molar-refractivity contribution in [3.05, 3.63) is 46.7 Å². The molecule has 1 aromatic carbocycles. The predicted octanol–water partition coefficient (Wildman–Crippen LogP) is 3.03. The van der Waals surface area contributed by atoms with Crippen molar-refractivity contribution in [3.63, 3.8) is 0 Å². The molecule has 0 bridgehead atoms. The van der Waals surface area contributed by atoms with Gasteiger partial charge >= 0.3 is 0 Å². The zero-order valence-electron chi connectivity index (χ0n) is 7.51. The van der Waals surface area contributed by atoms with Crippen LogP contribution in [-0.2, 0) is 6.61 Å². The van der Waals surface area contributed by atoms with Gasteiger partial charge in [-0.2, -0.15) is 0 Å². The number of ether oxygens (including phenoxy) is 1. The number of para-hydroxylation sites is 2. The molecule has 0 fully saturated rings. The van der Waals surface area contributed by atoms with Crippen molar-refractivity contribution in [2.24, 2.45) is 0 Å². The average Bonchev–Trinajstić information content (AvgIpc) is 2.69. The topological polar surface area (TPSA) is 29.5 Å². The van der Waals surface area contributed by atoms with Crippen LogP contribution in [0.4, 0.5) is 0 Å². The normalized spacial score (nSPS) is 10.0. The Hall–Kier alpha value is -1.48. The van der Waals surface area contributed by atoms with Crippen molar-refractivity contribution in [2.75, 3.05) is 0 Å². The largest absolute Gasteiger partial charge is 0.504 e. The van der Waals surface area contributed by atoms with Gasteiger partial charge in [-0.1, -0.05) is 18.2 Å². The summed E-state index contributed by atoms with van der Waals surface area (Å²) in [7, 11) is 0. The first-order valence-corrected chi connectivity index (χ1v) is 5.17. The van der Waals surface area contributed by atoms with E-state index in [0.29, 0.717) is 12.4 Å². The van der Waals surface area contributed by atoms with Gasteiger partial charge in [0.1, 0.15) is 6.61 Å². The summed E-state index contributed by atoms with van der Waals surface area (Å²) in [5, 5.41) is 11.4.